The summed E-state index contributed by atoms with van der Waals surface area (Å²) in [6.45, 7) is 0. The van der Waals surface area contributed by atoms with Crippen LogP contribution in [0.15, 0.2) is 97.1 Å². The second-order valence-corrected chi connectivity index (χ2v) is 14.8. The molecule has 0 fully saturated rings. The van der Waals surface area contributed by atoms with Gasteiger partial charge in [0.15, 0.2) is 11.2 Å². The summed E-state index contributed by atoms with van der Waals surface area (Å²) in [6, 6.07) is 25.8. The Hall–Kier alpha value is -0.300. The van der Waals surface area contributed by atoms with Crippen LogP contribution in [0.1, 0.15) is 22.3 Å². The van der Waals surface area contributed by atoms with Gasteiger partial charge < -0.3 is 10.2 Å². The fraction of sp³-hybridized carbons (Fsp3) is 0.143. The molecule has 0 unspecified atom stereocenters. The van der Waals surface area contributed by atoms with E-state index in [9.17, 15) is 10.2 Å². The largest absolute Gasteiger partial charge is 0.376 e. The molecule has 4 rings (SSSR count). The summed E-state index contributed by atoms with van der Waals surface area (Å²) < 4.78 is -3.93. The molecular formula is C28H18Cl10O2. The molecule has 0 aromatic heterocycles. The average molecular weight is 741 g/mol. The number of benzene rings is 4. The summed E-state index contributed by atoms with van der Waals surface area (Å²) in [4.78, 5) is 0. The van der Waals surface area contributed by atoms with E-state index >= 15 is 0 Å². The lowest BCUT2D eigenvalue weighted by molar-refractivity contribution is 0.0847. The van der Waals surface area contributed by atoms with Crippen LogP contribution in [-0.4, -0.2) is 17.8 Å². The second-order valence-electron chi connectivity index (χ2n) is 8.44. The van der Waals surface area contributed by atoms with Gasteiger partial charge >= 0.3 is 0 Å². The van der Waals surface area contributed by atoms with E-state index < -0.39 is 18.8 Å². The van der Waals surface area contributed by atoms with E-state index in [1.54, 1.807) is 97.1 Å². The van der Waals surface area contributed by atoms with Crippen LogP contribution in [0.25, 0.3) is 0 Å². The molecule has 4 aromatic rings. The van der Waals surface area contributed by atoms with Crippen molar-refractivity contribution in [3.63, 3.8) is 0 Å². The minimum absolute atomic E-state index is 0.421. The molecular weight excluding hydrogens is 723 g/mol. The molecule has 0 heterocycles. The molecule has 0 saturated heterocycles. The lowest BCUT2D eigenvalue weighted by Crippen LogP contribution is -2.41. The number of aliphatic hydroxyl groups is 2. The van der Waals surface area contributed by atoms with Gasteiger partial charge in [0.2, 0.25) is 7.59 Å². The Morgan fingerprint density at radius 1 is 0.325 bits per heavy atom. The molecule has 212 valence electrons. The molecule has 0 aliphatic carbocycles. The first-order chi connectivity index (χ1) is 18.5. The summed E-state index contributed by atoms with van der Waals surface area (Å²) in [7, 11) is 0. The zero-order valence-electron chi connectivity index (χ0n) is 19.9. The predicted molar refractivity (Wildman–Crippen MR) is 172 cm³/mol. The van der Waals surface area contributed by atoms with Gasteiger partial charge in [0.05, 0.1) is 0 Å². The summed E-state index contributed by atoms with van der Waals surface area (Å²) >= 11 is 59.4. The summed E-state index contributed by atoms with van der Waals surface area (Å²) in [5.41, 5.74) is -1.94. The van der Waals surface area contributed by atoms with Gasteiger partial charge in [-0.15, -0.1) is 0 Å². The monoisotopic (exact) mass is 736 g/mol. The Kier molecular flexibility index (Phi) is 11.6. The highest BCUT2D eigenvalue weighted by atomic mass is 35.6. The lowest BCUT2D eigenvalue weighted by atomic mass is 9.87. The highest BCUT2D eigenvalue weighted by Crippen LogP contribution is 2.50. The van der Waals surface area contributed by atoms with E-state index in [0.717, 1.165) is 0 Å². The van der Waals surface area contributed by atoms with Gasteiger partial charge in [0, 0.05) is 20.1 Å². The number of rotatable bonds is 4. The first-order valence-electron chi connectivity index (χ1n) is 11.1. The van der Waals surface area contributed by atoms with Gasteiger partial charge in [-0.05, 0) is 70.8 Å². The van der Waals surface area contributed by atoms with E-state index in [1.165, 1.54) is 0 Å². The first kappa shape index (κ1) is 34.2. The number of hydrogen-bond donors (Lipinski definition) is 2. The third-order valence-electron chi connectivity index (χ3n) is 5.87. The Labute approximate surface area is 282 Å². The smallest absolute Gasteiger partial charge is 0.227 e. The van der Waals surface area contributed by atoms with Crippen LogP contribution in [-0.2, 0) is 11.2 Å². The molecule has 12 heteroatoms. The van der Waals surface area contributed by atoms with Crippen LogP contribution in [0, 0.1) is 0 Å². The molecule has 4 aromatic carbocycles. The zero-order valence-corrected chi connectivity index (χ0v) is 27.5. The Bertz CT molecular complexity index is 1190. The van der Waals surface area contributed by atoms with Gasteiger partial charge in [-0.25, -0.2) is 0 Å². The van der Waals surface area contributed by atoms with E-state index in [2.05, 4.69) is 0 Å². The molecule has 0 spiro atoms. The molecule has 0 amide bonds. The first-order valence-corrected chi connectivity index (χ1v) is 14.9. The average Bonchev–Trinajstić information content (AvgIpc) is 2.88. The molecule has 0 atom stereocenters. The van der Waals surface area contributed by atoms with E-state index in [-0.39, 0.29) is 0 Å². The SMILES string of the molecule is OC(c1ccc(Cl)cc1)(c1ccc(Cl)cc1)C(Cl)(Cl)Cl.OC(c1ccc(Cl)cc1)(c1ccc(Cl)cc1)C(Cl)(Cl)Cl. The maximum atomic E-state index is 11.0. The van der Waals surface area contributed by atoms with Crippen molar-refractivity contribution in [1.29, 1.82) is 0 Å². The molecule has 0 saturated carbocycles. The number of halogens is 10. The second kappa shape index (κ2) is 13.6. The normalized spacial score (nSPS) is 12.5. The minimum Gasteiger partial charge on any atom is -0.376 e. The summed E-state index contributed by atoms with van der Waals surface area (Å²) in [6.07, 6.45) is 0. The van der Waals surface area contributed by atoms with Crippen LogP contribution < -0.4 is 0 Å². The van der Waals surface area contributed by atoms with Gasteiger partial charge in [-0.3, -0.25) is 0 Å². The zero-order chi connectivity index (χ0) is 29.9. The Balaban J connectivity index is 0.000000220. The van der Waals surface area contributed by atoms with Crippen molar-refractivity contribution in [2.45, 2.75) is 18.8 Å². The maximum absolute atomic E-state index is 11.0. The molecule has 2 N–H and O–H groups in total. The van der Waals surface area contributed by atoms with Crippen LogP contribution in [0.4, 0.5) is 0 Å². The van der Waals surface area contributed by atoms with E-state index in [4.69, 9.17) is 116 Å². The topological polar surface area (TPSA) is 40.5 Å². The van der Waals surface area contributed by atoms with E-state index in [1.807, 2.05) is 0 Å². The van der Waals surface area contributed by atoms with Gasteiger partial charge in [-0.1, -0.05) is 165 Å². The molecule has 0 aliphatic rings. The highest BCUT2D eigenvalue weighted by Gasteiger charge is 2.51. The Morgan fingerprint density at radius 2 is 0.475 bits per heavy atom. The van der Waals surface area contributed by atoms with Crippen molar-refractivity contribution in [1.82, 2.24) is 0 Å². The Morgan fingerprint density at radius 3 is 0.600 bits per heavy atom. The standard InChI is InChI=1S/2C14H9Cl5O/c2*15-11-5-1-9(2-6-11)13(20,14(17,18)19)10-3-7-12(16)8-4-10/h2*1-8,20H. The minimum atomic E-state index is -1.96. The van der Waals surface area contributed by atoms with Crippen LogP contribution in [0.5, 0.6) is 0 Å². The molecule has 0 aliphatic heterocycles. The molecule has 2 nitrogen and oxygen atoms in total. The number of hydrogen-bond acceptors (Lipinski definition) is 2. The maximum Gasteiger partial charge on any atom is 0.227 e. The quantitative estimate of drug-likeness (QED) is 0.205. The van der Waals surface area contributed by atoms with Crippen LogP contribution in [0.3, 0.4) is 0 Å². The molecule has 0 radical (unpaired) electrons. The lowest BCUT2D eigenvalue weighted by Gasteiger charge is -2.35. The summed E-state index contributed by atoms with van der Waals surface area (Å²) in [5, 5.41) is 24.1. The van der Waals surface area contributed by atoms with Crippen molar-refractivity contribution in [2.24, 2.45) is 0 Å². The third-order valence-corrected chi connectivity index (χ3v) is 8.52. The van der Waals surface area contributed by atoms with Gasteiger partial charge in [0.1, 0.15) is 0 Å². The predicted octanol–water partition coefficient (Wildman–Crippen LogP) is 11.2. The van der Waals surface area contributed by atoms with Gasteiger partial charge in [0.25, 0.3) is 0 Å². The van der Waals surface area contributed by atoms with E-state index in [0.29, 0.717) is 42.3 Å². The third kappa shape index (κ3) is 7.61. The van der Waals surface area contributed by atoms with Crippen molar-refractivity contribution in [3.05, 3.63) is 139 Å². The van der Waals surface area contributed by atoms with Crippen molar-refractivity contribution >= 4 is 116 Å². The number of alkyl halides is 6. The van der Waals surface area contributed by atoms with Crippen LogP contribution in [0.2, 0.25) is 20.1 Å². The fourth-order valence-electron chi connectivity index (χ4n) is 3.75. The molecule has 0 bridgehead atoms. The van der Waals surface area contributed by atoms with Crippen molar-refractivity contribution in [2.75, 3.05) is 0 Å². The van der Waals surface area contributed by atoms with Gasteiger partial charge in [-0.2, -0.15) is 0 Å². The van der Waals surface area contributed by atoms with Crippen molar-refractivity contribution < 1.29 is 10.2 Å². The summed E-state index contributed by atoms with van der Waals surface area (Å²) in [5.74, 6) is 0. The van der Waals surface area contributed by atoms with Crippen LogP contribution >= 0.6 is 116 Å². The highest BCUT2D eigenvalue weighted by molar-refractivity contribution is 6.69. The van der Waals surface area contributed by atoms with Crippen molar-refractivity contribution in [3.8, 4) is 0 Å². The fourth-order valence-corrected chi connectivity index (χ4v) is 5.57. The molecule has 40 heavy (non-hydrogen) atoms.